The van der Waals surface area contributed by atoms with Gasteiger partial charge in [0.1, 0.15) is 0 Å². The second kappa shape index (κ2) is 6.53. The van der Waals surface area contributed by atoms with Gasteiger partial charge in [0.05, 0.1) is 5.75 Å². The summed E-state index contributed by atoms with van der Waals surface area (Å²) in [6, 6.07) is 0. The number of halogens is 1. The summed E-state index contributed by atoms with van der Waals surface area (Å²) in [6.45, 7) is 10.8. The summed E-state index contributed by atoms with van der Waals surface area (Å²) < 4.78 is 26.3. The summed E-state index contributed by atoms with van der Waals surface area (Å²) in [5, 5.41) is 0.893. The van der Waals surface area contributed by atoms with Crippen molar-refractivity contribution in [3.05, 3.63) is 0 Å². The van der Waals surface area contributed by atoms with E-state index in [0.717, 1.165) is 11.8 Å². The maximum Gasteiger partial charge on any atom is 0.211 e. The monoisotopic (exact) mass is 327 g/mol. The van der Waals surface area contributed by atoms with Gasteiger partial charge in [0, 0.05) is 11.9 Å². The van der Waals surface area contributed by atoms with Gasteiger partial charge in [-0.05, 0) is 23.7 Å². The smallest absolute Gasteiger partial charge is 0.211 e. The van der Waals surface area contributed by atoms with Crippen molar-refractivity contribution >= 4 is 26.0 Å². The van der Waals surface area contributed by atoms with Crippen molar-refractivity contribution in [1.82, 2.24) is 4.72 Å². The molecule has 0 fully saturated rings. The normalized spacial score (nSPS) is 14.0. The Morgan fingerprint density at radius 2 is 1.59 bits per heavy atom. The molecule has 0 bridgehead atoms. The number of hydrogen-bond donors (Lipinski definition) is 1. The molecule has 0 aromatic rings. The van der Waals surface area contributed by atoms with Gasteiger partial charge in [0.15, 0.2) is 0 Å². The fourth-order valence-corrected chi connectivity index (χ4v) is 3.87. The highest BCUT2D eigenvalue weighted by Gasteiger charge is 2.22. The summed E-state index contributed by atoms with van der Waals surface area (Å²) >= 11 is 3.39. The molecule has 0 aromatic heterocycles. The molecule has 0 aliphatic carbocycles. The molecule has 0 spiro atoms. The average Bonchev–Trinajstić information content (AvgIpc) is 2.12. The lowest BCUT2D eigenvalue weighted by atomic mass is 9.91. The fourth-order valence-electron chi connectivity index (χ4n) is 1.16. The molecule has 0 amide bonds. The highest BCUT2D eigenvalue weighted by Crippen LogP contribution is 2.21. The van der Waals surface area contributed by atoms with Crippen LogP contribution < -0.4 is 4.72 Å². The molecule has 5 heteroatoms. The molecular weight excluding hydrogens is 302 g/mol. The van der Waals surface area contributed by atoms with E-state index in [1.807, 2.05) is 0 Å². The van der Waals surface area contributed by atoms with Crippen LogP contribution in [0.1, 0.15) is 47.5 Å². The predicted molar refractivity (Wildman–Crippen MR) is 78.1 cm³/mol. The van der Waals surface area contributed by atoms with Crippen LogP contribution in [-0.4, -0.2) is 26.0 Å². The van der Waals surface area contributed by atoms with Crippen LogP contribution in [0.2, 0.25) is 0 Å². The number of alkyl halides is 1. The maximum absolute atomic E-state index is 11.8. The van der Waals surface area contributed by atoms with Gasteiger partial charge in [-0.3, -0.25) is 0 Å². The van der Waals surface area contributed by atoms with Crippen LogP contribution in [0.15, 0.2) is 0 Å². The van der Waals surface area contributed by atoms with E-state index in [9.17, 15) is 8.42 Å². The highest BCUT2D eigenvalue weighted by atomic mass is 79.9. The predicted octanol–water partition coefficient (Wildman–Crippen LogP) is 3.15. The summed E-state index contributed by atoms with van der Waals surface area (Å²) in [6.07, 6.45) is 1.63. The third-order valence-corrected chi connectivity index (χ3v) is 4.38. The average molecular weight is 328 g/mol. The Balaban J connectivity index is 4.19. The molecule has 0 radical (unpaired) electrons. The van der Waals surface area contributed by atoms with Crippen molar-refractivity contribution in [3.63, 3.8) is 0 Å². The van der Waals surface area contributed by atoms with Crippen LogP contribution in [0, 0.1) is 10.8 Å². The summed E-state index contributed by atoms with van der Waals surface area (Å²) in [5.74, 6) is 0.209. The first kappa shape index (κ1) is 17.4. The van der Waals surface area contributed by atoms with E-state index >= 15 is 0 Å². The van der Waals surface area contributed by atoms with Crippen LogP contribution >= 0.6 is 15.9 Å². The highest BCUT2D eigenvalue weighted by molar-refractivity contribution is 9.09. The van der Waals surface area contributed by atoms with Gasteiger partial charge in [-0.25, -0.2) is 13.1 Å². The molecule has 0 heterocycles. The first-order valence-electron chi connectivity index (χ1n) is 6.01. The van der Waals surface area contributed by atoms with Gasteiger partial charge < -0.3 is 0 Å². The van der Waals surface area contributed by atoms with Gasteiger partial charge in [-0.15, -0.1) is 0 Å². The first-order chi connectivity index (χ1) is 7.47. The standard InChI is InChI=1S/C12H26BrNO2S/c1-11(2,3)7-9-17(15,16)14-10-12(4,5)6-8-13/h14H,6-10H2,1-5H3. The molecule has 0 saturated heterocycles. The number of nitrogens with one attached hydrogen (secondary N) is 1. The second-order valence-electron chi connectivity index (χ2n) is 6.55. The molecule has 3 nitrogen and oxygen atoms in total. The summed E-state index contributed by atoms with van der Waals surface area (Å²) in [7, 11) is -3.13. The quantitative estimate of drug-likeness (QED) is 0.730. The van der Waals surface area contributed by atoms with Crippen LogP contribution in [0.3, 0.4) is 0 Å². The lowest BCUT2D eigenvalue weighted by Crippen LogP contribution is -2.36. The Labute approximate surface area is 115 Å². The molecule has 0 atom stereocenters. The minimum absolute atomic E-state index is 0.00168. The van der Waals surface area contributed by atoms with Gasteiger partial charge >= 0.3 is 0 Å². The topological polar surface area (TPSA) is 46.2 Å². The van der Waals surface area contributed by atoms with Gasteiger partial charge in [0.25, 0.3) is 0 Å². The van der Waals surface area contributed by atoms with E-state index in [1.54, 1.807) is 0 Å². The molecular formula is C12H26BrNO2S. The van der Waals surface area contributed by atoms with Gasteiger partial charge in [-0.2, -0.15) is 0 Å². The van der Waals surface area contributed by atoms with Crippen LogP contribution in [-0.2, 0) is 10.0 Å². The minimum atomic E-state index is -3.13. The van der Waals surface area contributed by atoms with Crippen molar-refractivity contribution in [2.24, 2.45) is 10.8 Å². The summed E-state index contributed by atoms with van der Waals surface area (Å²) in [5.41, 5.74) is 0.0540. The Bertz CT molecular complexity index is 318. The third kappa shape index (κ3) is 10.0. The van der Waals surface area contributed by atoms with E-state index in [-0.39, 0.29) is 16.6 Å². The van der Waals surface area contributed by atoms with E-state index in [1.165, 1.54) is 0 Å². The van der Waals surface area contributed by atoms with E-state index in [4.69, 9.17) is 0 Å². The third-order valence-electron chi connectivity index (χ3n) is 2.66. The van der Waals surface area contributed by atoms with E-state index in [2.05, 4.69) is 55.3 Å². The molecule has 0 unspecified atom stereocenters. The first-order valence-corrected chi connectivity index (χ1v) is 8.78. The Hall–Kier alpha value is 0.390. The molecule has 1 N–H and O–H groups in total. The molecule has 0 saturated carbocycles. The molecule has 0 aromatic carbocycles. The van der Waals surface area contributed by atoms with Gasteiger partial charge in [-0.1, -0.05) is 50.5 Å². The van der Waals surface area contributed by atoms with Crippen molar-refractivity contribution < 1.29 is 8.42 Å². The zero-order chi connectivity index (χ0) is 13.7. The molecule has 0 rings (SSSR count). The second-order valence-corrected chi connectivity index (χ2v) is 9.27. The fraction of sp³-hybridized carbons (Fsp3) is 1.00. The lowest BCUT2D eigenvalue weighted by molar-refractivity contribution is 0.352. The van der Waals surface area contributed by atoms with Crippen molar-refractivity contribution in [2.45, 2.75) is 47.5 Å². The van der Waals surface area contributed by atoms with Crippen molar-refractivity contribution in [2.75, 3.05) is 17.6 Å². The number of sulfonamides is 1. The number of hydrogen-bond acceptors (Lipinski definition) is 2. The van der Waals surface area contributed by atoms with Crippen molar-refractivity contribution in [1.29, 1.82) is 0 Å². The molecule has 0 aliphatic heterocycles. The van der Waals surface area contributed by atoms with E-state index in [0.29, 0.717) is 13.0 Å². The van der Waals surface area contributed by atoms with E-state index < -0.39 is 10.0 Å². The summed E-state index contributed by atoms with van der Waals surface area (Å²) in [4.78, 5) is 0. The number of rotatable bonds is 7. The molecule has 17 heavy (non-hydrogen) atoms. The van der Waals surface area contributed by atoms with Crippen LogP contribution in [0.4, 0.5) is 0 Å². The molecule has 104 valence electrons. The van der Waals surface area contributed by atoms with Crippen LogP contribution in [0.5, 0.6) is 0 Å². The van der Waals surface area contributed by atoms with Gasteiger partial charge in [0.2, 0.25) is 10.0 Å². The zero-order valence-corrected chi connectivity index (χ0v) is 14.0. The minimum Gasteiger partial charge on any atom is -0.215 e. The Kier molecular flexibility index (Phi) is 6.68. The zero-order valence-electron chi connectivity index (χ0n) is 11.6. The largest absolute Gasteiger partial charge is 0.215 e. The Morgan fingerprint density at radius 3 is 2.00 bits per heavy atom. The lowest BCUT2D eigenvalue weighted by Gasteiger charge is -2.24. The maximum atomic E-state index is 11.8. The van der Waals surface area contributed by atoms with Crippen LogP contribution in [0.25, 0.3) is 0 Å². The Morgan fingerprint density at radius 1 is 1.06 bits per heavy atom. The molecule has 0 aliphatic rings. The van der Waals surface area contributed by atoms with Crippen molar-refractivity contribution in [3.8, 4) is 0 Å². The SMILES string of the molecule is CC(C)(C)CCS(=O)(=O)NCC(C)(C)CCBr.